The van der Waals surface area contributed by atoms with E-state index in [1.165, 1.54) is 18.5 Å². The van der Waals surface area contributed by atoms with Crippen molar-refractivity contribution >= 4 is 11.8 Å². The lowest BCUT2D eigenvalue weighted by molar-refractivity contribution is -0.131. The van der Waals surface area contributed by atoms with E-state index < -0.39 is 11.9 Å². The van der Waals surface area contributed by atoms with Crippen LogP contribution in [0.15, 0.2) is 18.5 Å². The summed E-state index contributed by atoms with van der Waals surface area (Å²) < 4.78 is 0. The van der Waals surface area contributed by atoms with Gasteiger partial charge in [-0.15, -0.1) is 0 Å². The predicted molar refractivity (Wildman–Crippen MR) is 68.6 cm³/mol. The first-order valence-electron chi connectivity index (χ1n) is 6.31. The third-order valence-corrected chi connectivity index (χ3v) is 3.12. The molecule has 102 valence electrons. The highest BCUT2D eigenvalue weighted by atomic mass is 16.3. The maximum Gasteiger partial charge on any atom is 0.253 e. The van der Waals surface area contributed by atoms with Crippen molar-refractivity contribution in [1.29, 1.82) is 0 Å². The minimum atomic E-state index is -0.576. The second kappa shape index (κ2) is 5.69. The highest BCUT2D eigenvalue weighted by Crippen LogP contribution is 2.11. The van der Waals surface area contributed by atoms with E-state index >= 15 is 0 Å². The van der Waals surface area contributed by atoms with Crippen molar-refractivity contribution in [2.45, 2.75) is 25.8 Å². The van der Waals surface area contributed by atoms with Gasteiger partial charge in [-0.25, -0.2) is 0 Å². The Morgan fingerprint density at radius 1 is 1.37 bits per heavy atom. The number of hydrogen-bond acceptors (Lipinski definition) is 4. The van der Waals surface area contributed by atoms with Crippen LogP contribution in [0.5, 0.6) is 5.75 Å². The fourth-order valence-electron chi connectivity index (χ4n) is 2.11. The van der Waals surface area contributed by atoms with Crippen LogP contribution in [0, 0.1) is 0 Å². The first kappa shape index (κ1) is 13.3. The molecule has 1 aliphatic rings. The van der Waals surface area contributed by atoms with Gasteiger partial charge in [-0.3, -0.25) is 14.6 Å². The van der Waals surface area contributed by atoms with Crippen LogP contribution in [-0.4, -0.2) is 45.9 Å². The van der Waals surface area contributed by atoms with E-state index in [0.717, 1.165) is 25.9 Å². The molecule has 2 rings (SSSR count). The van der Waals surface area contributed by atoms with E-state index in [9.17, 15) is 14.7 Å². The minimum absolute atomic E-state index is 0.0704. The Labute approximate surface area is 111 Å². The van der Waals surface area contributed by atoms with Gasteiger partial charge in [-0.05, 0) is 25.8 Å². The van der Waals surface area contributed by atoms with Gasteiger partial charge in [0.15, 0.2) is 0 Å². The van der Waals surface area contributed by atoms with Crippen molar-refractivity contribution < 1.29 is 14.7 Å². The van der Waals surface area contributed by atoms with Crippen molar-refractivity contribution in [1.82, 2.24) is 15.2 Å². The van der Waals surface area contributed by atoms with Crippen LogP contribution in [-0.2, 0) is 4.79 Å². The summed E-state index contributed by atoms with van der Waals surface area (Å²) >= 11 is 0. The molecular weight excluding hydrogens is 246 g/mol. The molecule has 2 amide bonds. The zero-order valence-corrected chi connectivity index (χ0v) is 10.8. The van der Waals surface area contributed by atoms with Gasteiger partial charge >= 0.3 is 0 Å². The van der Waals surface area contributed by atoms with E-state index in [0.29, 0.717) is 0 Å². The zero-order valence-electron chi connectivity index (χ0n) is 10.8. The van der Waals surface area contributed by atoms with Gasteiger partial charge in [-0.2, -0.15) is 0 Å². The molecule has 1 atom stereocenters. The largest absolute Gasteiger partial charge is 0.506 e. The third kappa shape index (κ3) is 3.21. The van der Waals surface area contributed by atoms with Crippen molar-refractivity contribution in [2.75, 3.05) is 13.1 Å². The maximum atomic E-state index is 12.0. The zero-order chi connectivity index (χ0) is 13.8. The Kier molecular flexibility index (Phi) is 3.99. The fraction of sp³-hybridized carbons (Fsp3) is 0.462. The lowest BCUT2D eigenvalue weighted by atomic mass is 10.2. The number of likely N-dealkylation sites (tertiary alicyclic amines) is 1. The molecular formula is C13H17N3O3. The van der Waals surface area contributed by atoms with Gasteiger partial charge < -0.3 is 15.3 Å². The molecule has 2 heterocycles. The number of carbonyl (C=O) groups is 2. The van der Waals surface area contributed by atoms with Gasteiger partial charge in [0.2, 0.25) is 5.91 Å². The number of aromatic hydroxyl groups is 1. The number of nitrogens with one attached hydrogen (secondary N) is 1. The number of amides is 2. The molecule has 0 radical (unpaired) electrons. The van der Waals surface area contributed by atoms with E-state index in [4.69, 9.17) is 0 Å². The Balaban J connectivity index is 1.96. The van der Waals surface area contributed by atoms with Gasteiger partial charge in [0.1, 0.15) is 11.8 Å². The maximum absolute atomic E-state index is 12.0. The summed E-state index contributed by atoms with van der Waals surface area (Å²) in [6, 6.07) is 0.739. The number of carbonyl (C=O) groups excluding carboxylic acids is 2. The molecule has 0 spiro atoms. The molecule has 1 aromatic heterocycles. The summed E-state index contributed by atoms with van der Waals surface area (Å²) in [5.41, 5.74) is 0.237. The number of pyridine rings is 1. The normalized spacial score (nSPS) is 16.2. The SMILES string of the molecule is CC(NC(=O)c1cncc(O)c1)C(=O)N1CCCC1. The molecule has 1 saturated heterocycles. The highest BCUT2D eigenvalue weighted by molar-refractivity contribution is 5.97. The predicted octanol–water partition coefficient (Wildman–Crippen LogP) is 0.528. The van der Waals surface area contributed by atoms with E-state index in [-0.39, 0.29) is 17.2 Å². The van der Waals surface area contributed by atoms with E-state index in [2.05, 4.69) is 10.3 Å². The van der Waals surface area contributed by atoms with E-state index in [1.54, 1.807) is 11.8 Å². The molecule has 0 saturated carbocycles. The summed E-state index contributed by atoms with van der Waals surface area (Å²) in [4.78, 5) is 29.4. The van der Waals surface area contributed by atoms with Crippen LogP contribution in [0.4, 0.5) is 0 Å². The number of aromatic nitrogens is 1. The third-order valence-electron chi connectivity index (χ3n) is 3.12. The second-order valence-corrected chi connectivity index (χ2v) is 4.66. The quantitative estimate of drug-likeness (QED) is 0.833. The van der Waals surface area contributed by atoms with Gasteiger partial charge in [-0.1, -0.05) is 0 Å². The van der Waals surface area contributed by atoms with Crippen molar-refractivity contribution in [2.24, 2.45) is 0 Å². The van der Waals surface area contributed by atoms with Crippen molar-refractivity contribution in [3.8, 4) is 5.75 Å². The average Bonchev–Trinajstić information content (AvgIpc) is 2.91. The molecule has 19 heavy (non-hydrogen) atoms. The summed E-state index contributed by atoms with van der Waals surface area (Å²) in [5, 5.41) is 11.9. The Hall–Kier alpha value is -2.11. The topological polar surface area (TPSA) is 82.5 Å². The van der Waals surface area contributed by atoms with Crippen LogP contribution >= 0.6 is 0 Å². The van der Waals surface area contributed by atoms with E-state index in [1.807, 2.05) is 0 Å². The Morgan fingerprint density at radius 3 is 2.68 bits per heavy atom. The highest BCUT2D eigenvalue weighted by Gasteiger charge is 2.24. The number of nitrogens with zero attached hydrogens (tertiary/aromatic N) is 2. The van der Waals surface area contributed by atoms with Crippen LogP contribution in [0.2, 0.25) is 0 Å². The fourth-order valence-corrected chi connectivity index (χ4v) is 2.11. The number of rotatable bonds is 3. The van der Waals surface area contributed by atoms with Gasteiger partial charge in [0.05, 0.1) is 11.8 Å². The summed E-state index contributed by atoms with van der Waals surface area (Å²) in [5.74, 6) is -0.561. The monoisotopic (exact) mass is 263 g/mol. The molecule has 0 aromatic carbocycles. The standard InChI is InChI=1S/C13H17N3O3/c1-9(13(19)16-4-2-3-5-16)15-12(18)10-6-11(17)8-14-7-10/h6-9,17H,2-5H2,1H3,(H,15,18). The Bertz CT molecular complexity index is 484. The van der Waals surface area contributed by atoms with Gasteiger partial charge in [0, 0.05) is 19.3 Å². The van der Waals surface area contributed by atoms with Crippen molar-refractivity contribution in [3.05, 3.63) is 24.0 Å². The van der Waals surface area contributed by atoms with Crippen LogP contribution in [0.25, 0.3) is 0 Å². The summed E-state index contributed by atoms with van der Waals surface area (Å²) in [6.07, 6.45) is 4.63. The molecule has 1 fully saturated rings. The molecule has 0 bridgehead atoms. The van der Waals surface area contributed by atoms with Crippen molar-refractivity contribution in [3.63, 3.8) is 0 Å². The molecule has 1 unspecified atom stereocenters. The first-order valence-corrected chi connectivity index (χ1v) is 6.31. The molecule has 0 aliphatic carbocycles. The van der Waals surface area contributed by atoms with Gasteiger partial charge in [0.25, 0.3) is 5.91 Å². The van der Waals surface area contributed by atoms with Crippen LogP contribution in [0.1, 0.15) is 30.1 Å². The molecule has 1 aliphatic heterocycles. The Morgan fingerprint density at radius 2 is 2.05 bits per heavy atom. The smallest absolute Gasteiger partial charge is 0.253 e. The second-order valence-electron chi connectivity index (χ2n) is 4.66. The lowest BCUT2D eigenvalue weighted by Crippen LogP contribution is -2.45. The average molecular weight is 263 g/mol. The number of hydrogen-bond donors (Lipinski definition) is 2. The minimum Gasteiger partial charge on any atom is -0.506 e. The molecule has 1 aromatic rings. The molecule has 6 heteroatoms. The summed E-state index contributed by atoms with van der Waals surface area (Å²) in [6.45, 7) is 3.17. The lowest BCUT2D eigenvalue weighted by Gasteiger charge is -2.21. The van der Waals surface area contributed by atoms with Crippen LogP contribution in [0.3, 0.4) is 0 Å². The van der Waals surface area contributed by atoms with Crippen LogP contribution < -0.4 is 5.32 Å². The molecule has 6 nitrogen and oxygen atoms in total. The molecule has 2 N–H and O–H groups in total. The summed E-state index contributed by atoms with van der Waals surface area (Å²) in [7, 11) is 0. The first-order chi connectivity index (χ1) is 9.08.